The summed E-state index contributed by atoms with van der Waals surface area (Å²) < 4.78 is 52.5. The van der Waals surface area contributed by atoms with E-state index in [1.54, 1.807) is 36.4 Å². The Bertz CT molecular complexity index is 1170. The van der Waals surface area contributed by atoms with E-state index in [0.717, 1.165) is 29.1 Å². The fraction of sp³-hybridized carbons (Fsp3) is 0.435. The predicted molar refractivity (Wildman–Crippen MR) is 127 cm³/mol. The molecular formula is C23H31N3O5S2. The summed E-state index contributed by atoms with van der Waals surface area (Å²) in [6, 6.07) is 12.5. The summed E-state index contributed by atoms with van der Waals surface area (Å²) in [5.74, 6) is -0.209. The minimum absolute atomic E-state index is 0.113. The van der Waals surface area contributed by atoms with Crippen molar-refractivity contribution >= 4 is 26.0 Å². The molecule has 2 aromatic rings. The van der Waals surface area contributed by atoms with Crippen LogP contribution in [0.3, 0.4) is 0 Å². The molecule has 1 aliphatic rings. The number of carbonyl (C=O) groups excluding carboxylic acids is 1. The molecule has 0 aromatic heterocycles. The fourth-order valence-electron chi connectivity index (χ4n) is 3.73. The summed E-state index contributed by atoms with van der Waals surface area (Å²) in [6.45, 7) is 2.92. The van der Waals surface area contributed by atoms with Crippen molar-refractivity contribution in [1.29, 1.82) is 0 Å². The zero-order valence-electron chi connectivity index (χ0n) is 19.2. The first-order valence-electron chi connectivity index (χ1n) is 10.9. The van der Waals surface area contributed by atoms with Crippen molar-refractivity contribution in [1.82, 2.24) is 13.9 Å². The third-order valence-corrected chi connectivity index (χ3v) is 9.52. The SMILES string of the molecule is CC(NC(=O)Cc1ccc(S(=O)(=O)N2CCCCC2)cc1)c1ccc(S(=O)(=O)N(C)C)cc1. The average Bonchev–Trinajstić information content (AvgIpc) is 2.80. The third kappa shape index (κ3) is 6.00. The molecule has 0 bridgehead atoms. The number of amides is 1. The van der Waals surface area contributed by atoms with Crippen LogP contribution in [0.1, 0.15) is 43.4 Å². The smallest absolute Gasteiger partial charge is 0.243 e. The van der Waals surface area contributed by atoms with Crippen LogP contribution in [0.5, 0.6) is 0 Å². The van der Waals surface area contributed by atoms with Gasteiger partial charge >= 0.3 is 0 Å². The van der Waals surface area contributed by atoms with Crippen molar-refractivity contribution in [3.05, 3.63) is 59.7 Å². The largest absolute Gasteiger partial charge is 0.349 e. The van der Waals surface area contributed by atoms with Crippen molar-refractivity contribution < 1.29 is 21.6 Å². The highest BCUT2D eigenvalue weighted by molar-refractivity contribution is 7.89. The first-order valence-corrected chi connectivity index (χ1v) is 13.8. The Kier molecular flexibility index (Phi) is 7.94. The quantitative estimate of drug-likeness (QED) is 0.609. The lowest BCUT2D eigenvalue weighted by molar-refractivity contribution is -0.121. The van der Waals surface area contributed by atoms with E-state index in [2.05, 4.69) is 5.32 Å². The van der Waals surface area contributed by atoms with Crippen LogP contribution in [0.2, 0.25) is 0 Å². The van der Waals surface area contributed by atoms with Gasteiger partial charge < -0.3 is 5.32 Å². The van der Waals surface area contributed by atoms with Gasteiger partial charge in [0.25, 0.3) is 0 Å². The lowest BCUT2D eigenvalue weighted by Gasteiger charge is -2.25. The highest BCUT2D eigenvalue weighted by atomic mass is 32.2. The summed E-state index contributed by atoms with van der Waals surface area (Å²) in [5, 5.41) is 2.90. The monoisotopic (exact) mass is 493 g/mol. The van der Waals surface area contributed by atoms with Gasteiger partial charge in [0.1, 0.15) is 0 Å². The molecule has 1 fully saturated rings. The molecule has 0 saturated carbocycles. The summed E-state index contributed by atoms with van der Waals surface area (Å²) in [5.41, 5.74) is 1.49. The molecule has 1 atom stereocenters. The Morgan fingerprint density at radius 2 is 1.45 bits per heavy atom. The number of nitrogens with one attached hydrogen (secondary N) is 1. The van der Waals surface area contributed by atoms with Crippen molar-refractivity contribution in [3.8, 4) is 0 Å². The van der Waals surface area contributed by atoms with Crippen molar-refractivity contribution in [3.63, 3.8) is 0 Å². The van der Waals surface area contributed by atoms with Crippen LogP contribution in [0.15, 0.2) is 58.3 Å². The van der Waals surface area contributed by atoms with E-state index in [4.69, 9.17) is 0 Å². The van der Waals surface area contributed by atoms with E-state index in [1.165, 1.54) is 30.5 Å². The van der Waals surface area contributed by atoms with E-state index in [1.807, 2.05) is 6.92 Å². The highest BCUT2D eigenvalue weighted by Crippen LogP contribution is 2.21. The van der Waals surface area contributed by atoms with E-state index >= 15 is 0 Å². The Balaban J connectivity index is 1.60. The maximum atomic E-state index is 12.8. The van der Waals surface area contributed by atoms with Crippen LogP contribution in [0.25, 0.3) is 0 Å². The molecule has 2 aromatic carbocycles. The Hall–Kier alpha value is -2.27. The van der Waals surface area contributed by atoms with Crippen LogP contribution >= 0.6 is 0 Å². The molecule has 1 saturated heterocycles. The van der Waals surface area contributed by atoms with Gasteiger partial charge in [-0.3, -0.25) is 4.79 Å². The Morgan fingerprint density at radius 1 is 0.909 bits per heavy atom. The fourth-order valence-corrected chi connectivity index (χ4v) is 6.15. The van der Waals surface area contributed by atoms with Gasteiger partial charge in [-0.1, -0.05) is 30.7 Å². The number of benzene rings is 2. The van der Waals surface area contributed by atoms with Gasteiger partial charge in [-0.25, -0.2) is 21.1 Å². The molecule has 8 nitrogen and oxygen atoms in total. The molecule has 0 spiro atoms. The third-order valence-electron chi connectivity index (χ3n) is 5.78. The number of sulfonamides is 2. The molecule has 0 radical (unpaired) electrons. The molecule has 3 rings (SSSR count). The maximum absolute atomic E-state index is 12.8. The number of piperidine rings is 1. The molecule has 1 heterocycles. The second kappa shape index (κ2) is 10.3. The van der Waals surface area contributed by atoms with E-state index in [-0.39, 0.29) is 28.2 Å². The van der Waals surface area contributed by atoms with Gasteiger partial charge in [-0.05, 0) is 55.2 Å². The number of carbonyl (C=O) groups is 1. The van der Waals surface area contributed by atoms with E-state index in [9.17, 15) is 21.6 Å². The Labute approximate surface area is 196 Å². The van der Waals surface area contributed by atoms with Crippen LogP contribution < -0.4 is 5.32 Å². The molecule has 1 unspecified atom stereocenters. The zero-order chi connectivity index (χ0) is 24.2. The van der Waals surface area contributed by atoms with Gasteiger partial charge in [0, 0.05) is 27.2 Å². The van der Waals surface area contributed by atoms with Crippen molar-refractivity contribution in [2.75, 3.05) is 27.2 Å². The van der Waals surface area contributed by atoms with Crippen LogP contribution in [-0.2, 0) is 31.3 Å². The Morgan fingerprint density at radius 3 is 2.00 bits per heavy atom. The number of nitrogens with zero attached hydrogens (tertiary/aromatic N) is 2. The standard InChI is InChI=1S/C23H31N3O5S2/c1-18(20-9-13-21(14-10-20)32(28,29)25(2)3)24-23(27)17-19-7-11-22(12-8-19)33(30,31)26-15-5-4-6-16-26/h7-14,18H,4-6,15-17H2,1-3H3,(H,24,27). The van der Waals surface area contributed by atoms with Gasteiger partial charge in [0.05, 0.1) is 22.3 Å². The van der Waals surface area contributed by atoms with Crippen LogP contribution in [0, 0.1) is 0 Å². The zero-order valence-corrected chi connectivity index (χ0v) is 20.8. The lowest BCUT2D eigenvalue weighted by atomic mass is 10.1. The molecule has 180 valence electrons. The van der Waals surface area contributed by atoms with Gasteiger partial charge in [0.2, 0.25) is 26.0 Å². The van der Waals surface area contributed by atoms with E-state index < -0.39 is 20.0 Å². The minimum atomic E-state index is -3.50. The van der Waals surface area contributed by atoms with Gasteiger partial charge in [0.15, 0.2) is 0 Å². The molecular weight excluding hydrogens is 462 g/mol. The van der Waals surface area contributed by atoms with Crippen LogP contribution in [0.4, 0.5) is 0 Å². The summed E-state index contributed by atoms with van der Waals surface area (Å²) in [7, 11) is -4.05. The molecule has 1 N–H and O–H groups in total. The minimum Gasteiger partial charge on any atom is -0.349 e. The van der Waals surface area contributed by atoms with Crippen molar-refractivity contribution in [2.45, 2.75) is 48.4 Å². The summed E-state index contributed by atoms with van der Waals surface area (Å²) in [6.07, 6.45) is 2.92. The normalized spacial score (nSPS) is 16.5. The summed E-state index contributed by atoms with van der Waals surface area (Å²) in [4.78, 5) is 12.9. The number of rotatable bonds is 8. The summed E-state index contributed by atoms with van der Waals surface area (Å²) >= 11 is 0. The molecule has 33 heavy (non-hydrogen) atoms. The van der Waals surface area contributed by atoms with Crippen LogP contribution in [-0.4, -0.2) is 58.5 Å². The molecule has 0 aliphatic carbocycles. The molecule has 1 aliphatic heterocycles. The van der Waals surface area contributed by atoms with E-state index in [0.29, 0.717) is 18.7 Å². The lowest BCUT2D eigenvalue weighted by Crippen LogP contribution is -2.35. The van der Waals surface area contributed by atoms with Crippen molar-refractivity contribution in [2.24, 2.45) is 0 Å². The second-order valence-electron chi connectivity index (χ2n) is 8.43. The average molecular weight is 494 g/mol. The highest BCUT2D eigenvalue weighted by Gasteiger charge is 2.25. The first-order chi connectivity index (χ1) is 15.5. The van der Waals surface area contributed by atoms with Gasteiger partial charge in [-0.2, -0.15) is 4.31 Å². The number of hydrogen-bond donors (Lipinski definition) is 1. The number of hydrogen-bond acceptors (Lipinski definition) is 5. The predicted octanol–water partition coefficient (Wildman–Crippen LogP) is 2.53. The topological polar surface area (TPSA) is 104 Å². The molecule has 1 amide bonds. The molecule has 10 heteroatoms. The second-order valence-corrected chi connectivity index (χ2v) is 12.5. The van der Waals surface area contributed by atoms with Gasteiger partial charge in [-0.15, -0.1) is 0 Å². The maximum Gasteiger partial charge on any atom is 0.243 e. The first kappa shape index (κ1) is 25.4.